The summed E-state index contributed by atoms with van der Waals surface area (Å²) in [4.78, 5) is 10.9. The van der Waals surface area contributed by atoms with E-state index in [9.17, 15) is 4.79 Å². The lowest BCUT2D eigenvalue weighted by Crippen LogP contribution is -2.35. The zero-order valence-corrected chi connectivity index (χ0v) is 8.47. The number of amides is 1. The average Bonchev–Trinajstić information content (AvgIpc) is 2.67. The third-order valence-corrected chi connectivity index (χ3v) is 2.88. The monoisotopic (exact) mass is 209 g/mol. The van der Waals surface area contributed by atoms with Crippen LogP contribution in [0.4, 0.5) is 0 Å². The molecule has 4 N–H and O–H groups in total. The van der Waals surface area contributed by atoms with Crippen LogP contribution in [-0.4, -0.2) is 26.9 Å². The number of hydrogen-bond acceptors (Lipinski definition) is 4. The summed E-state index contributed by atoms with van der Waals surface area (Å²) in [6.45, 7) is 0. The summed E-state index contributed by atoms with van der Waals surface area (Å²) in [6.07, 6.45) is 5.87. The van der Waals surface area contributed by atoms with Gasteiger partial charge in [0.2, 0.25) is 0 Å². The van der Waals surface area contributed by atoms with Crippen LogP contribution >= 0.6 is 0 Å². The van der Waals surface area contributed by atoms with E-state index in [1.165, 1.54) is 0 Å². The van der Waals surface area contributed by atoms with Gasteiger partial charge in [0.25, 0.3) is 5.91 Å². The van der Waals surface area contributed by atoms with Crippen LogP contribution < -0.4 is 11.5 Å². The highest BCUT2D eigenvalue weighted by atomic mass is 16.1. The minimum absolute atomic E-state index is 0.0983. The predicted molar refractivity (Wildman–Crippen MR) is 54.0 cm³/mol. The summed E-state index contributed by atoms with van der Waals surface area (Å²) in [5.74, 6) is -0.550. The maximum Gasteiger partial charge on any atom is 0.270 e. The van der Waals surface area contributed by atoms with Gasteiger partial charge in [0.1, 0.15) is 0 Å². The van der Waals surface area contributed by atoms with Crippen molar-refractivity contribution < 1.29 is 4.79 Å². The third kappa shape index (κ3) is 1.99. The molecule has 0 unspecified atom stereocenters. The predicted octanol–water partition coefficient (Wildman–Crippen LogP) is -0.181. The van der Waals surface area contributed by atoms with Crippen LogP contribution in [0, 0.1) is 0 Å². The maximum absolute atomic E-state index is 10.9. The lowest BCUT2D eigenvalue weighted by Gasteiger charge is -2.28. The van der Waals surface area contributed by atoms with Crippen LogP contribution in [0.3, 0.4) is 0 Å². The van der Waals surface area contributed by atoms with Gasteiger partial charge in [0.05, 0.1) is 12.2 Å². The highest BCUT2D eigenvalue weighted by Crippen LogP contribution is 2.26. The van der Waals surface area contributed by atoms with Gasteiger partial charge in [-0.2, -0.15) is 0 Å². The van der Waals surface area contributed by atoms with Gasteiger partial charge in [-0.15, -0.1) is 5.10 Å². The van der Waals surface area contributed by atoms with Crippen molar-refractivity contribution in [3.8, 4) is 0 Å². The van der Waals surface area contributed by atoms with E-state index in [1.807, 2.05) is 0 Å². The van der Waals surface area contributed by atoms with Crippen molar-refractivity contribution in [3.63, 3.8) is 0 Å². The highest BCUT2D eigenvalue weighted by Gasteiger charge is 2.24. The molecule has 0 saturated heterocycles. The van der Waals surface area contributed by atoms with E-state index >= 15 is 0 Å². The second kappa shape index (κ2) is 3.98. The second-order valence-electron chi connectivity index (χ2n) is 3.96. The van der Waals surface area contributed by atoms with Crippen molar-refractivity contribution in [2.75, 3.05) is 0 Å². The number of aromatic nitrogens is 3. The van der Waals surface area contributed by atoms with E-state index in [4.69, 9.17) is 11.5 Å². The number of carbonyl (C=O) groups excluding carboxylic acids is 1. The Labute approximate surface area is 87.6 Å². The third-order valence-electron chi connectivity index (χ3n) is 2.88. The number of carbonyl (C=O) groups is 1. The molecule has 82 valence electrons. The molecule has 2 rings (SSSR count). The fraction of sp³-hybridized carbons (Fsp3) is 0.667. The van der Waals surface area contributed by atoms with Crippen molar-refractivity contribution in [3.05, 3.63) is 11.9 Å². The Balaban J connectivity index is 2.17. The SMILES string of the molecule is NC(=O)c1cn([C@H]2CCCC[C@H]2N)nn1. The Morgan fingerprint density at radius 3 is 2.80 bits per heavy atom. The highest BCUT2D eigenvalue weighted by molar-refractivity contribution is 5.90. The summed E-state index contributed by atoms with van der Waals surface area (Å²) in [6, 6.07) is 0.250. The Hall–Kier alpha value is -1.43. The van der Waals surface area contributed by atoms with Gasteiger partial charge in [0, 0.05) is 6.04 Å². The van der Waals surface area contributed by atoms with Crippen LogP contribution in [0.2, 0.25) is 0 Å². The van der Waals surface area contributed by atoms with Crippen LogP contribution in [-0.2, 0) is 0 Å². The Morgan fingerprint density at radius 2 is 2.20 bits per heavy atom. The molecule has 1 saturated carbocycles. The molecule has 1 aliphatic rings. The zero-order valence-electron chi connectivity index (χ0n) is 8.47. The Bertz CT molecular complexity index is 361. The number of rotatable bonds is 2. The van der Waals surface area contributed by atoms with Gasteiger partial charge in [-0.05, 0) is 12.8 Å². The van der Waals surface area contributed by atoms with Crippen molar-refractivity contribution >= 4 is 5.91 Å². The molecule has 1 aromatic rings. The quantitative estimate of drug-likeness (QED) is 0.705. The van der Waals surface area contributed by atoms with Crippen LogP contribution in [0.5, 0.6) is 0 Å². The molecule has 6 heteroatoms. The van der Waals surface area contributed by atoms with Gasteiger partial charge in [-0.25, -0.2) is 4.68 Å². The number of nitrogens with two attached hydrogens (primary N) is 2. The van der Waals surface area contributed by atoms with E-state index in [0.717, 1.165) is 25.7 Å². The van der Waals surface area contributed by atoms with E-state index < -0.39 is 5.91 Å². The lowest BCUT2D eigenvalue weighted by molar-refractivity contribution is 0.0995. The smallest absolute Gasteiger partial charge is 0.270 e. The van der Waals surface area contributed by atoms with Gasteiger partial charge >= 0.3 is 0 Å². The normalized spacial score (nSPS) is 26.5. The molecule has 1 aromatic heterocycles. The van der Waals surface area contributed by atoms with Crippen molar-refractivity contribution in [1.82, 2.24) is 15.0 Å². The molecule has 0 bridgehead atoms. The molecule has 6 nitrogen and oxygen atoms in total. The van der Waals surface area contributed by atoms with Crippen LogP contribution in [0.1, 0.15) is 42.2 Å². The topological polar surface area (TPSA) is 99.8 Å². The van der Waals surface area contributed by atoms with Gasteiger partial charge < -0.3 is 11.5 Å². The standard InChI is InChI=1S/C9H15N5O/c10-6-3-1-2-4-8(6)14-5-7(9(11)15)12-13-14/h5-6,8H,1-4,10H2,(H2,11,15)/t6-,8+/m1/s1. The molecule has 1 amide bonds. The first-order chi connectivity index (χ1) is 7.18. The summed E-state index contributed by atoms with van der Waals surface area (Å²) < 4.78 is 1.67. The first kappa shape index (κ1) is 10.1. The summed E-state index contributed by atoms with van der Waals surface area (Å²) in [5, 5.41) is 7.61. The molecule has 15 heavy (non-hydrogen) atoms. The summed E-state index contributed by atoms with van der Waals surface area (Å²) >= 11 is 0. The molecule has 0 spiro atoms. The number of nitrogens with zero attached hydrogens (tertiary/aromatic N) is 3. The van der Waals surface area contributed by atoms with Crippen LogP contribution in [0.15, 0.2) is 6.20 Å². The summed E-state index contributed by atoms with van der Waals surface area (Å²) in [5.41, 5.74) is 11.3. The van der Waals surface area contributed by atoms with Gasteiger partial charge in [-0.1, -0.05) is 18.1 Å². The van der Waals surface area contributed by atoms with Crippen molar-refractivity contribution in [2.24, 2.45) is 11.5 Å². The van der Waals surface area contributed by atoms with E-state index in [2.05, 4.69) is 10.3 Å². The molecule has 1 heterocycles. The van der Waals surface area contributed by atoms with Gasteiger partial charge in [-0.3, -0.25) is 4.79 Å². The minimum Gasteiger partial charge on any atom is -0.364 e. The number of primary amides is 1. The van der Waals surface area contributed by atoms with Crippen molar-refractivity contribution in [2.45, 2.75) is 37.8 Å². The second-order valence-corrected chi connectivity index (χ2v) is 3.96. The van der Waals surface area contributed by atoms with E-state index in [1.54, 1.807) is 10.9 Å². The molecular formula is C9H15N5O. The van der Waals surface area contributed by atoms with Crippen LogP contribution in [0.25, 0.3) is 0 Å². The first-order valence-electron chi connectivity index (χ1n) is 5.15. The Kier molecular flexibility index (Phi) is 2.68. The largest absolute Gasteiger partial charge is 0.364 e. The fourth-order valence-electron chi connectivity index (χ4n) is 2.02. The Morgan fingerprint density at radius 1 is 1.47 bits per heavy atom. The maximum atomic E-state index is 10.9. The molecular weight excluding hydrogens is 194 g/mol. The average molecular weight is 209 g/mol. The van der Waals surface area contributed by atoms with Gasteiger partial charge in [0.15, 0.2) is 5.69 Å². The summed E-state index contributed by atoms with van der Waals surface area (Å²) in [7, 11) is 0. The van der Waals surface area contributed by atoms with E-state index in [-0.39, 0.29) is 17.8 Å². The first-order valence-corrected chi connectivity index (χ1v) is 5.15. The zero-order chi connectivity index (χ0) is 10.8. The van der Waals surface area contributed by atoms with Crippen molar-refractivity contribution in [1.29, 1.82) is 0 Å². The minimum atomic E-state index is -0.550. The van der Waals surface area contributed by atoms with E-state index in [0.29, 0.717) is 0 Å². The molecule has 0 aliphatic heterocycles. The lowest BCUT2D eigenvalue weighted by atomic mass is 9.91. The number of hydrogen-bond donors (Lipinski definition) is 2. The molecule has 2 atom stereocenters. The molecule has 1 aliphatic carbocycles. The molecule has 0 aromatic carbocycles. The molecule has 1 fully saturated rings. The fourth-order valence-corrected chi connectivity index (χ4v) is 2.02. The molecule has 0 radical (unpaired) electrons.